The van der Waals surface area contributed by atoms with Crippen LogP contribution < -0.4 is 10.2 Å². The lowest BCUT2D eigenvalue weighted by Gasteiger charge is -2.29. The lowest BCUT2D eigenvalue weighted by molar-refractivity contribution is -0.137. The fourth-order valence-electron chi connectivity index (χ4n) is 2.79. The summed E-state index contributed by atoms with van der Waals surface area (Å²) in [7, 11) is 1.76. The Bertz CT molecular complexity index is 616. The van der Waals surface area contributed by atoms with Gasteiger partial charge in [0.1, 0.15) is 6.04 Å². The number of amides is 2. The average molecular weight is 361 g/mol. The lowest BCUT2D eigenvalue weighted by Crippen LogP contribution is -2.48. The number of carbonyl (C=O) groups excluding carboxylic acids is 2. The first-order valence-electron chi connectivity index (χ1n) is 9.16. The van der Waals surface area contributed by atoms with Crippen LogP contribution in [0.1, 0.15) is 33.3 Å². The molecule has 0 aliphatic carbocycles. The van der Waals surface area contributed by atoms with E-state index in [0.717, 1.165) is 31.9 Å². The Morgan fingerprint density at radius 2 is 1.77 bits per heavy atom. The van der Waals surface area contributed by atoms with E-state index in [0.29, 0.717) is 6.54 Å². The zero-order valence-electron chi connectivity index (χ0n) is 16.5. The summed E-state index contributed by atoms with van der Waals surface area (Å²) in [5, 5.41) is 2.79. The Morgan fingerprint density at radius 1 is 1.19 bits per heavy atom. The van der Waals surface area contributed by atoms with Crippen molar-refractivity contribution in [3.63, 3.8) is 0 Å². The van der Waals surface area contributed by atoms with Crippen LogP contribution in [0.4, 0.5) is 5.69 Å². The van der Waals surface area contributed by atoms with Crippen molar-refractivity contribution in [3.05, 3.63) is 29.8 Å². The highest BCUT2D eigenvalue weighted by atomic mass is 16.5. The number of nitrogens with one attached hydrogen (secondary N) is 1. The lowest BCUT2D eigenvalue weighted by atomic mass is 9.95. The SMILES string of the molecule is CC(NC(=O)C(C)(C)C)C(=O)N(C)Cc1ccc(N2CCOCC2)cc1. The third kappa shape index (κ3) is 5.46. The molecule has 1 unspecified atom stereocenters. The topological polar surface area (TPSA) is 61.9 Å². The van der Waals surface area contributed by atoms with Crippen LogP contribution in [-0.4, -0.2) is 56.1 Å². The standard InChI is InChI=1S/C20H31N3O3/c1-15(21-19(25)20(2,3)4)18(24)22(5)14-16-6-8-17(9-7-16)23-10-12-26-13-11-23/h6-9,15H,10-14H2,1-5H3,(H,21,25). The Hall–Kier alpha value is -2.08. The first-order valence-corrected chi connectivity index (χ1v) is 9.16. The molecule has 6 heteroatoms. The summed E-state index contributed by atoms with van der Waals surface area (Å²) in [4.78, 5) is 28.5. The Morgan fingerprint density at radius 3 is 2.31 bits per heavy atom. The zero-order chi connectivity index (χ0) is 19.3. The molecule has 1 aliphatic rings. The third-order valence-corrected chi connectivity index (χ3v) is 4.51. The van der Waals surface area contributed by atoms with Crippen molar-refractivity contribution >= 4 is 17.5 Å². The van der Waals surface area contributed by atoms with Gasteiger partial charge in [0, 0.05) is 37.8 Å². The number of likely N-dealkylation sites (N-methyl/N-ethyl adjacent to an activating group) is 1. The number of ether oxygens (including phenoxy) is 1. The van der Waals surface area contributed by atoms with Crippen molar-refractivity contribution in [2.24, 2.45) is 5.41 Å². The summed E-state index contributed by atoms with van der Waals surface area (Å²) in [6.07, 6.45) is 0. The third-order valence-electron chi connectivity index (χ3n) is 4.51. The predicted molar refractivity (Wildman–Crippen MR) is 103 cm³/mol. The number of anilines is 1. The molecule has 2 rings (SSSR count). The number of benzene rings is 1. The molecule has 6 nitrogen and oxygen atoms in total. The van der Waals surface area contributed by atoms with E-state index in [-0.39, 0.29) is 11.8 Å². The number of carbonyl (C=O) groups is 2. The highest BCUT2D eigenvalue weighted by Crippen LogP contribution is 2.18. The van der Waals surface area contributed by atoms with Crippen molar-refractivity contribution in [3.8, 4) is 0 Å². The maximum atomic E-state index is 12.5. The number of hydrogen-bond acceptors (Lipinski definition) is 4. The minimum absolute atomic E-state index is 0.0974. The van der Waals surface area contributed by atoms with Crippen molar-refractivity contribution in [1.29, 1.82) is 0 Å². The zero-order valence-corrected chi connectivity index (χ0v) is 16.5. The summed E-state index contributed by atoms with van der Waals surface area (Å²) in [5.41, 5.74) is 1.73. The van der Waals surface area contributed by atoms with Gasteiger partial charge in [-0.25, -0.2) is 0 Å². The van der Waals surface area contributed by atoms with Gasteiger partial charge in [-0.2, -0.15) is 0 Å². The molecule has 1 N–H and O–H groups in total. The molecule has 2 amide bonds. The number of hydrogen-bond donors (Lipinski definition) is 1. The second-order valence-electron chi connectivity index (χ2n) is 7.91. The molecule has 1 fully saturated rings. The van der Waals surface area contributed by atoms with E-state index < -0.39 is 11.5 Å². The Labute approximate surface area is 156 Å². The summed E-state index contributed by atoms with van der Waals surface area (Å²) in [6.45, 7) is 11.1. The van der Waals surface area contributed by atoms with Gasteiger partial charge in [-0.1, -0.05) is 32.9 Å². The van der Waals surface area contributed by atoms with E-state index in [4.69, 9.17) is 4.74 Å². The Balaban J connectivity index is 1.90. The fourth-order valence-corrected chi connectivity index (χ4v) is 2.79. The molecule has 0 spiro atoms. The smallest absolute Gasteiger partial charge is 0.244 e. The van der Waals surface area contributed by atoms with Crippen LogP contribution in [0.25, 0.3) is 0 Å². The first kappa shape index (κ1) is 20.2. The van der Waals surface area contributed by atoms with Crippen LogP contribution >= 0.6 is 0 Å². The average Bonchev–Trinajstić information content (AvgIpc) is 2.61. The highest BCUT2D eigenvalue weighted by Gasteiger charge is 2.26. The molecule has 1 saturated heterocycles. The maximum Gasteiger partial charge on any atom is 0.244 e. The van der Waals surface area contributed by atoms with Crippen molar-refractivity contribution in [2.75, 3.05) is 38.3 Å². The van der Waals surface area contributed by atoms with Crippen LogP contribution in [0, 0.1) is 5.41 Å². The maximum absolute atomic E-state index is 12.5. The molecule has 144 valence electrons. The second-order valence-corrected chi connectivity index (χ2v) is 7.91. The van der Waals surface area contributed by atoms with E-state index in [2.05, 4.69) is 22.3 Å². The molecular weight excluding hydrogens is 330 g/mol. The van der Waals surface area contributed by atoms with Crippen LogP contribution in [0.3, 0.4) is 0 Å². The minimum Gasteiger partial charge on any atom is -0.378 e. The van der Waals surface area contributed by atoms with E-state index in [9.17, 15) is 9.59 Å². The normalized spacial score (nSPS) is 16.1. The quantitative estimate of drug-likeness (QED) is 0.872. The van der Waals surface area contributed by atoms with E-state index in [1.54, 1.807) is 18.9 Å². The highest BCUT2D eigenvalue weighted by molar-refractivity contribution is 5.89. The van der Waals surface area contributed by atoms with Gasteiger partial charge in [-0.05, 0) is 24.6 Å². The molecule has 1 aromatic carbocycles. The van der Waals surface area contributed by atoms with Gasteiger partial charge in [0.15, 0.2) is 0 Å². The van der Waals surface area contributed by atoms with Crippen LogP contribution in [0.5, 0.6) is 0 Å². The second kappa shape index (κ2) is 8.54. The summed E-state index contributed by atoms with van der Waals surface area (Å²) >= 11 is 0. The van der Waals surface area contributed by atoms with Gasteiger partial charge >= 0.3 is 0 Å². The van der Waals surface area contributed by atoms with Gasteiger partial charge in [-0.3, -0.25) is 9.59 Å². The molecule has 1 heterocycles. The summed E-state index contributed by atoms with van der Waals surface area (Å²) in [6, 6.07) is 7.73. The van der Waals surface area contributed by atoms with Gasteiger partial charge < -0.3 is 19.9 Å². The van der Waals surface area contributed by atoms with Crippen LogP contribution in [-0.2, 0) is 20.9 Å². The number of nitrogens with zero attached hydrogens (tertiary/aromatic N) is 2. The van der Waals surface area contributed by atoms with Gasteiger partial charge in [0.25, 0.3) is 0 Å². The first-order chi connectivity index (χ1) is 12.2. The van der Waals surface area contributed by atoms with E-state index in [1.165, 1.54) is 5.69 Å². The van der Waals surface area contributed by atoms with Gasteiger partial charge in [0.2, 0.25) is 11.8 Å². The molecule has 1 aromatic rings. The van der Waals surface area contributed by atoms with Gasteiger partial charge in [-0.15, -0.1) is 0 Å². The van der Waals surface area contributed by atoms with Crippen LogP contribution in [0.2, 0.25) is 0 Å². The minimum atomic E-state index is -0.542. The van der Waals surface area contributed by atoms with E-state index in [1.807, 2.05) is 32.9 Å². The molecule has 26 heavy (non-hydrogen) atoms. The summed E-state index contributed by atoms with van der Waals surface area (Å²) < 4.78 is 5.38. The molecular formula is C20H31N3O3. The summed E-state index contributed by atoms with van der Waals surface area (Å²) in [5.74, 6) is -0.221. The number of morpholine rings is 1. The molecule has 0 aromatic heterocycles. The van der Waals surface area contributed by atoms with Crippen LogP contribution in [0.15, 0.2) is 24.3 Å². The molecule has 0 radical (unpaired) electrons. The Kier molecular flexibility index (Phi) is 6.64. The van der Waals surface area contributed by atoms with Crippen molar-refractivity contribution in [1.82, 2.24) is 10.2 Å². The van der Waals surface area contributed by atoms with Crippen molar-refractivity contribution < 1.29 is 14.3 Å². The number of rotatable bonds is 5. The van der Waals surface area contributed by atoms with Crippen molar-refractivity contribution in [2.45, 2.75) is 40.3 Å². The monoisotopic (exact) mass is 361 g/mol. The molecule has 0 saturated carbocycles. The largest absolute Gasteiger partial charge is 0.378 e. The van der Waals surface area contributed by atoms with Gasteiger partial charge in [0.05, 0.1) is 13.2 Å². The van der Waals surface area contributed by atoms with E-state index >= 15 is 0 Å². The molecule has 1 atom stereocenters. The molecule has 1 aliphatic heterocycles. The predicted octanol–water partition coefficient (Wildman–Crippen LogP) is 2.03. The molecule has 0 bridgehead atoms. The fraction of sp³-hybridized carbons (Fsp3) is 0.600.